The number of aryl methyl sites for hydroxylation is 2. The minimum atomic E-state index is -0.272. The molecule has 1 aliphatic heterocycles. The second-order valence-corrected chi connectivity index (χ2v) is 6.19. The molecule has 0 amide bonds. The number of carbonyl (C=O) groups excluding carboxylic acids is 1. The predicted molar refractivity (Wildman–Crippen MR) is 91.2 cm³/mol. The molecule has 24 heavy (non-hydrogen) atoms. The van der Waals surface area contributed by atoms with Gasteiger partial charge in [0, 0.05) is 23.6 Å². The summed E-state index contributed by atoms with van der Waals surface area (Å²) in [6.07, 6.45) is 4.13. The lowest BCUT2D eigenvalue weighted by molar-refractivity contribution is -0.646. The summed E-state index contributed by atoms with van der Waals surface area (Å²) in [4.78, 5) is 11.9. The largest absolute Gasteiger partial charge is 0.493 e. The van der Waals surface area contributed by atoms with Crippen molar-refractivity contribution in [2.45, 2.75) is 33.1 Å². The molecule has 2 heterocycles. The van der Waals surface area contributed by atoms with Gasteiger partial charge in [-0.1, -0.05) is 10.7 Å². The highest BCUT2D eigenvalue weighted by Crippen LogP contribution is 2.34. The molecule has 3 rings (SSSR count). The van der Waals surface area contributed by atoms with Gasteiger partial charge in [-0.05, 0) is 43.0 Å². The molecule has 0 aliphatic carbocycles. The van der Waals surface area contributed by atoms with Crippen LogP contribution < -0.4 is 15.3 Å². The average molecular weight is 327 g/mol. The first-order chi connectivity index (χ1) is 11.5. The number of fused-ring (bicyclic) bond motifs is 1. The molecule has 2 N–H and O–H groups in total. The van der Waals surface area contributed by atoms with E-state index in [1.54, 1.807) is 4.68 Å². The number of hydrogen-bond donors (Lipinski definition) is 1. The van der Waals surface area contributed by atoms with E-state index in [-0.39, 0.29) is 12.4 Å². The van der Waals surface area contributed by atoms with E-state index >= 15 is 0 Å². The van der Waals surface area contributed by atoms with Gasteiger partial charge in [0.05, 0.1) is 20.1 Å². The number of methoxy groups -OCH3 is 1. The normalized spacial score (nSPS) is 13.1. The van der Waals surface area contributed by atoms with Crippen LogP contribution >= 0.6 is 0 Å². The van der Waals surface area contributed by atoms with E-state index in [2.05, 4.69) is 6.07 Å². The van der Waals surface area contributed by atoms with Gasteiger partial charge >= 0.3 is 5.97 Å². The van der Waals surface area contributed by atoms with Crippen molar-refractivity contribution in [3.63, 3.8) is 0 Å². The number of aromatic nitrogens is 1. The summed E-state index contributed by atoms with van der Waals surface area (Å²) < 4.78 is 12.1. The number of rotatable bonds is 3. The predicted octanol–water partition coefficient (Wildman–Crippen LogP) is 2.01. The number of nitrogen functional groups attached to an aromatic ring is 1. The molecule has 1 aromatic carbocycles. The summed E-state index contributed by atoms with van der Waals surface area (Å²) in [5.41, 5.74) is 6.13. The van der Waals surface area contributed by atoms with E-state index < -0.39 is 0 Å². The van der Waals surface area contributed by atoms with Crippen LogP contribution in [0.5, 0.6) is 5.75 Å². The Hall–Kier alpha value is -2.56. The van der Waals surface area contributed by atoms with Crippen molar-refractivity contribution in [2.75, 3.05) is 19.6 Å². The van der Waals surface area contributed by atoms with Crippen molar-refractivity contribution >= 4 is 5.97 Å². The Morgan fingerprint density at radius 3 is 2.92 bits per heavy atom. The van der Waals surface area contributed by atoms with Gasteiger partial charge in [0.25, 0.3) is 0 Å². The van der Waals surface area contributed by atoms with Gasteiger partial charge in [-0.25, -0.2) is 5.84 Å². The SMILES string of the molecule is COC(=O)Cc1c(-c2ccc3c(c2)CCCO3)c(C)c[n+](N)c1C. The summed E-state index contributed by atoms with van der Waals surface area (Å²) in [5.74, 6) is 6.73. The Morgan fingerprint density at radius 1 is 1.38 bits per heavy atom. The van der Waals surface area contributed by atoms with E-state index in [0.29, 0.717) is 0 Å². The minimum absolute atomic E-state index is 0.199. The van der Waals surface area contributed by atoms with Crippen LogP contribution in [0.25, 0.3) is 11.1 Å². The van der Waals surface area contributed by atoms with Crippen molar-refractivity contribution in [3.05, 3.63) is 46.8 Å². The molecule has 1 aliphatic rings. The molecule has 0 radical (unpaired) electrons. The monoisotopic (exact) mass is 327 g/mol. The fourth-order valence-corrected chi connectivity index (χ4v) is 3.30. The molecular weight excluding hydrogens is 304 g/mol. The summed E-state index contributed by atoms with van der Waals surface area (Å²) in [7, 11) is 1.40. The number of nitrogens with zero attached hydrogens (tertiary/aromatic N) is 1. The molecule has 0 atom stereocenters. The lowest BCUT2D eigenvalue weighted by Crippen LogP contribution is -2.48. The van der Waals surface area contributed by atoms with Crippen LogP contribution in [0.15, 0.2) is 24.4 Å². The molecule has 0 saturated heterocycles. The molecule has 0 bridgehead atoms. The van der Waals surface area contributed by atoms with Crippen molar-refractivity contribution in [1.82, 2.24) is 0 Å². The van der Waals surface area contributed by atoms with E-state index in [1.165, 1.54) is 12.7 Å². The molecule has 0 spiro atoms. The Kier molecular flexibility index (Phi) is 4.42. The molecule has 2 aromatic rings. The number of ether oxygens (including phenoxy) is 2. The fraction of sp³-hybridized carbons (Fsp3) is 0.368. The fourth-order valence-electron chi connectivity index (χ4n) is 3.30. The number of benzene rings is 1. The molecule has 5 heteroatoms. The van der Waals surface area contributed by atoms with E-state index in [0.717, 1.165) is 53.1 Å². The second-order valence-electron chi connectivity index (χ2n) is 6.19. The highest BCUT2D eigenvalue weighted by molar-refractivity contribution is 5.80. The lowest BCUT2D eigenvalue weighted by atomic mass is 9.91. The first-order valence-electron chi connectivity index (χ1n) is 8.14. The van der Waals surface area contributed by atoms with E-state index in [9.17, 15) is 4.79 Å². The Morgan fingerprint density at radius 2 is 2.17 bits per heavy atom. The first kappa shape index (κ1) is 16.3. The van der Waals surface area contributed by atoms with Crippen LogP contribution in [-0.2, 0) is 22.4 Å². The first-order valence-corrected chi connectivity index (χ1v) is 8.14. The van der Waals surface area contributed by atoms with Crippen molar-refractivity contribution in [1.29, 1.82) is 0 Å². The van der Waals surface area contributed by atoms with Crippen LogP contribution in [0.2, 0.25) is 0 Å². The minimum Gasteiger partial charge on any atom is -0.493 e. The second kappa shape index (κ2) is 6.51. The zero-order valence-corrected chi connectivity index (χ0v) is 14.4. The molecule has 5 nitrogen and oxygen atoms in total. The van der Waals surface area contributed by atoms with E-state index in [1.807, 2.05) is 32.2 Å². The molecule has 1 aromatic heterocycles. The molecule has 0 unspecified atom stereocenters. The summed E-state index contributed by atoms with van der Waals surface area (Å²) >= 11 is 0. The third-order valence-electron chi connectivity index (χ3n) is 4.60. The van der Waals surface area contributed by atoms with Gasteiger partial charge in [-0.3, -0.25) is 4.79 Å². The Balaban J connectivity index is 2.16. The van der Waals surface area contributed by atoms with Crippen LogP contribution in [-0.4, -0.2) is 19.7 Å². The Labute approximate surface area is 142 Å². The topological polar surface area (TPSA) is 65.4 Å². The number of nitrogens with two attached hydrogens (primary N) is 1. The summed E-state index contributed by atoms with van der Waals surface area (Å²) in [6.45, 7) is 4.70. The molecular formula is C19H23N2O3+. The maximum Gasteiger partial charge on any atom is 0.310 e. The van der Waals surface area contributed by atoms with Gasteiger partial charge in [0.1, 0.15) is 5.75 Å². The zero-order chi connectivity index (χ0) is 17.3. The number of carbonyl (C=O) groups is 1. The zero-order valence-electron chi connectivity index (χ0n) is 14.4. The number of esters is 1. The molecule has 0 saturated carbocycles. The van der Waals surface area contributed by atoms with Crippen LogP contribution in [0.3, 0.4) is 0 Å². The maximum atomic E-state index is 11.9. The van der Waals surface area contributed by atoms with Gasteiger partial charge < -0.3 is 9.47 Å². The van der Waals surface area contributed by atoms with Crippen molar-refractivity contribution in [3.8, 4) is 16.9 Å². The van der Waals surface area contributed by atoms with Crippen LogP contribution in [0.4, 0.5) is 0 Å². The lowest BCUT2D eigenvalue weighted by Gasteiger charge is -2.19. The summed E-state index contributed by atoms with van der Waals surface area (Å²) in [6, 6.07) is 6.23. The van der Waals surface area contributed by atoms with Gasteiger partial charge in [0.15, 0.2) is 0 Å². The van der Waals surface area contributed by atoms with E-state index in [4.69, 9.17) is 15.3 Å². The highest BCUT2D eigenvalue weighted by atomic mass is 16.5. The van der Waals surface area contributed by atoms with Gasteiger partial charge in [0.2, 0.25) is 11.9 Å². The third-order valence-corrected chi connectivity index (χ3v) is 4.60. The van der Waals surface area contributed by atoms with Gasteiger partial charge in [-0.15, -0.1) is 0 Å². The van der Waals surface area contributed by atoms with Crippen molar-refractivity contribution < 1.29 is 18.9 Å². The smallest absolute Gasteiger partial charge is 0.310 e. The number of pyridine rings is 1. The van der Waals surface area contributed by atoms with Crippen LogP contribution in [0, 0.1) is 13.8 Å². The molecule has 126 valence electrons. The average Bonchev–Trinajstić information content (AvgIpc) is 2.59. The van der Waals surface area contributed by atoms with Gasteiger partial charge in [-0.2, -0.15) is 0 Å². The highest BCUT2D eigenvalue weighted by Gasteiger charge is 2.23. The molecule has 0 fully saturated rings. The van der Waals surface area contributed by atoms with Crippen molar-refractivity contribution in [2.24, 2.45) is 0 Å². The van der Waals surface area contributed by atoms with Crippen LogP contribution in [0.1, 0.15) is 28.8 Å². The number of hydrogen-bond acceptors (Lipinski definition) is 4. The quantitative estimate of drug-likeness (QED) is 0.532. The maximum absolute atomic E-state index is 11.9. The Bertz CT molecular complexity index is 800. The summed E-state index contributed by atoms with van der Waals surface area (Å²) in [5, 5.41) is 0. The standard InChI is InChI=1S/C19H23N2O3/c1-12-11-21(20)13(2)16(10-18(22)23-3)19(12)15-6-7-17-14(9-15)5-4-8-24-17/h6-7,9,11H,4-5,8,10,20H2,1-3H3/q+1. The third kappa shape index (κ3) is 2.94.